The van der Waals surface area contributed by atoms with Crippen molar-refractivity contribution in [3.8, 4) is 0 Å². The van der Waals surface area contributed by atoms with E-state index in [1.165, 1.54) is 0 Å². The summed E-state index contributed by atoms with van der Waals surface area (Å²) >= 11 is 6.02. The summed E-state index contributed by atoms with van der Waals surface area (Å²) in [5.41, 5.74) is 0.729. The zero-order valence-electron chi connectivity index (χ0n) is 12.3. The van der Waals surface area contributed by atoms with Gasteiger partial charge in [-0.3, -0.25) is 9.89 Å². The normalized spacial score (nSPS) is 12.4. The third-order valence-electron chi connectivity index (χ3n) is 3.01. The predicted octanol–water partition coefficient (Wildman–Crippen LogP) is 3.28. The van der Waals surface area contributed by atoms with Gasteiger partial charge >= 0.3 is 5.97 Å². The number of halogens is 1. The number of ether oxygens (including phenoxy) is 1. The van der Waals surface area contributed by atoms with E-state index in [-0.39, 0.29) is 11.9 Å². The van der Waals surface area contributed by atoms with Crippen LogP contribution in [-0.4, -0.2) is 27.8 Å². The molecule has 5 nitrogen and oxygen atoms in total. The Kier molecular flexibility index (Phi) is 4.96. The minimum Gasteiger partial charge on any atom is -0.465 e. The molecule has 0 bridgehead atoms. The van der Waals surface area contributed by atoms with Crippen LogP contribution in [0.15, 0.2) is 24.3 Å². The summed E-state index contributed by atoms with van der Waals surface area (Å²) in [4.78, 5) is 16.7. The van der Waals surface area contributed by atoms with E-state index >= 15 is 0 Å². The molecule has 0 amide bonds. The van der Waals surface area contributed by atoms with E-state index in [1.54, 1.807) is 25.1 Å². The molecule has 0 aliphatic heterocycles. The molecule has 21 heavy (non-hydrogen) atoms. The highest BCUT2D eigenvalue weighted by molar-refractivity contribution is 6.30. The first-order valence-electron chi connectivity index (χ1n) is 6.87. The maximum atomic E-state index is 12.3. The molecule has 0 radical (unpaired) electrons. The Labute approximate surface area is 128 Å². The highest BCUT2D eigenvalue weighted by Crippen LogP contribution is 2.26. The molecule has 2 rings (SSSR count). The molecule has 0 aliphatic carbocycles. The van der Waals surface area contributed by atoms with Crippen LogP contribution in [-0.2, 0) is 9.53 Å². The molecule has 1 unspecified atom stereocenters. The number of aromatic amines is 1. The topological polar surface area (TPSA) is 67.9 Å². The van der Waals surface area contributed by atoms with Crippen molar-refractivity contribution in [2.24, 2.45) is 0 Å². The molecule has 0 fully saturated rings. The van der Waals surface area contributed by atoms with Crippen LogP contribution in [0.5, 0.6) is 0 Å². The van der Waals surface area contributed by atoms with Gasteiger partial charge < -0.3 is 4.74 Å². The first-order valence-corrected chi connectivity index (χ1v) is 7.25. The molecular weight excluding hydrogens is 290 g/mol. The van der Waals surface area contributed by atoms with Crippen LogP contribution in [0.2, 0.25) is 5.02 Å². The van der Waals surface area contributed by atoms with Crippen LogP contribution in [0, 0.1) is 0 Å². The van der Waals surface area contributed by atoms with Gasteiger partial charge in [-0.15, -0.1) is 0 Å². The minimum absolute atomic E-state index is 0.178. The van der Waals surface area contributed by atoms with Crippen molar-refractivity contribution in [2.45, 2.75) is 32.6 Å². The fraction of sp³-hybridized carbons (Fsp3) is 0.400. The molecule has 1 N–H and O–H groups in total. The third-order valence-corrected chi connectivity index (χ3v) is 3.25. The van der Waals surface area contributed by atoms with Crippen molar-refractivity contribution in [3.63, 3.8) is 0 Å². The molecule has 1 aromatic carbocycles. The third kappa shape index (κ3) is 3.61. The second kappa shape index (κ2) is 6.72. The fourth-order valence-corrected chi connectivity index (χ4v) is 2.19. The summed E-state index contributed by atoms with van der Waals surface area (Å²) in [5, 5.41) is 7.55. The Morgan fingerprint density at radius 2 is 2.19 bits per heavy atom. The van der Waals surface area contributed by atoms with Crippen molar-refractivity contribution in [2.75, 3.05) is 6.61 Å². The highest BCUT2D eigenvalue weighted by atomic mass is 35.5. The summed E-state index contributed by atoms with van der Waals surface area (Å²) in [7, 11) is 0. The van der Waals surface area contributed by atoms with E-state index in [0.29, 0.717) is 23.3 Å². The summed E-state index contributed by atoms with van der Waals surface area (Å²) in [6, 6.07) is 7.11. The Morgan fingerprint density at radius 3 is 2.76 bits per heavy atom. The molecule has 112 valence electrons. The van der Waals surface area contributed by atoms with E-state index in [0.717, 1.165) is 5.56 Å². The first kappa shape index (κ1) is 15.5. The zero-order valence-corrected chi connectivity index (χ0v) is 13.0. The summed E-state index contributed by atoms with van der Waals surface area (Å²) < 4.78 is 5.15. The second-order valence-electron chi connectivity index (χ2n) is 4.97. The maximum absolute atomic E-state index is 12.3. The predicted molar refractivity (Wildman–Crippen MR) is 80.4 cm³/mol. The van der Waals surface area contributed by atoms with Gasteiger partial charge in [0.1, 0.15) is 11.7 Å². The van der Waals surface area contributed by atoms with Gasteiger partial charge in [-0.05, 0) is 24.6 Å². The number of benzene rings is 1. The summed E-state index contributed by atoms with van der Waals surface area (Å²) in [6.45, 7) is 6.06. The standard InChI is InChI=1S/C15H18ClN3O2/c1-4-21-15(20)12(10-6-5-7-11(16)8-10)14-17-13(9(2)3)18-19-14/h5-9,12H,4H2,1-3H3,(H,17,18,19). The van der Waals surface area contributed by atoms with E-state index in [4.69, 9.17) is 16.3 Å². The molecular formula is C15H18ClN3O2. The van der Waals surface area contributed by atoms with Gasteiger partial charge in [0, 0.05) is 10.9 Å². The van der Waals surface area contributed by atoms with Crippen molar-refractivity contribution >= 4 is 17.6 Å². The smallest absolute Gasteiger partial charge is 0.321 e. The largest absolute Gasteiger partial charge is 0.465 e. The average Bonchev–Trinajstić information content (AvgIpc) is 2.89. The fourth-order valence-electron chi connectivity index (χ4n) is 1.99. The number of carbonyl (C=O) groups excluding carboxylic acids is 1. The van der Waals surface area contributed by atoms with E-state index < -0.39 is 5.92 Å². The number of nitrogens with zero attached hydrogens (tertiary/aromatic N) is 2. The zero-order chi connectivity index (χ0) is 15.4. The number of hydrogen-bond donors (Lipinski definition) is 1. The van der Waals surface area contributed by atoms with Gasteiger partial charge in [0.05, 0.1) is 6.61 Å². The lowest BCUT2D eigenvalue weighted by molar-refractivity contribution is -0.144. The number of hydrogen-bond acceptors (Lipinski definition) is 4. The monoisotopic (exact) mass is 307 g/mol. The lowest BCUT2D eigenvalue weighted by Gasteiger charge is -2.13. The number of nitrogens with one attached hydrogen (secondary N) is 1. The number of H-pyrrole nitrogens is 1. The van der Waals surface area contributed by atoms with Crippen LogP contribution in [0.4, 0.5) is 0 Å². The van der Waals surface area contributed by atoms with Crippen molar-refractivity contribution < 1.29 is 9.53 Å². The number of carbonyl (C=O) groups is 1. The van der Waals surface area contributed by atoms with Gasteiger partial charge in [0.15, 0.2) is 5.82 Å². The molecule has 0 saturated carbocycles. The average molecular weight is 308 g/mol. The van der Waals surface area contributed by atoms with Crippen LogP contribution < -0.4 is 0 Å². The summed E-state index contributed by atoms with van der Waals surface area (Å²) in [5.74, 6) is 0.299. The Morgan fingerprint density at radius 1 is 1.43 bits per heavy atom. The van der Waals surface area contributed by atoms with E-state index in [9.17, 15) is 4.79 Å². The van der Waals surface area contributed by atoms with Crippen molar-refractivity contribution in [3.05, 3.63) is 46.5 Å². The SMILES string of the molecule is CCOC(=O)C(c1cccc(Cl)c1)c1nc(C(C)C)n[nH]1. The van der Waals surface area contributed by atoms with Crippen molar-refractivity contribution in [1.82, 2.24) is 15.2 Å². The lowest BCUT2D eigenvalue weighted by Crippen LogP contribution is -2.18. The number of aromatic nitrogens is 3. The van der Waals surface area contributed by atoms with Gasteiger partial charge in [-0.25, -0.2) is 4.98 Å². The van der Waals surface area contributed by atoms with Crippen molar-refractivity contribution in [1.29, 1.82) is 0 Å². The molecule has 0 saturated heterocycles. The van der Waals surface area contributed by atoms with Gasteiger partial charge in [0.25, 0.3) is 0 Å². The van der Waals surface area contributed by atoms with E-state index in [1.807, 2.05) is 19.9 Å². The highest BCUT2D eigenvalue weighted by Gasteiger charge is 2.28. The Bertz CT molecular complexity index is 625. The molecule has 1 atom stereocenters. The van der Waals surface area contributed by atoms with Gasteiger partial charge in [-0.2, -0.15) is 5.10 Å². The molecule has 1 aromatic heterocycles. The van der Waals surface area contributed by atoms with Gasteiger partial charge in [-0.1, -0.05) is 37.6 Å². The molecule has 2 aromatic rings. The van der Waals surface area contributed by atoms with Crippen LogP contribution >= 0.6 is 11.6 Å². The molecule has 1 heterocycles. The lowest BCUT2D eigenvalue weighted by atomic mass is 9.98. The Balaban J connectivity index is 2.42. The quantitative estimate of drug-likeness (QED) is 0.861. The van der Waals surface area contributed by atoms with Crippen LogP contribution in [0.1, 0.15) is 49.8 Å². The first-order chi connectivity index (χ1) is 10.0. The van der Waals surface area contributed by atoms with E-state index in [2.05, 4.69) is 15.2 Å². The van der Waals surface area contributed by atoms with Crippen LogP contribution in [0.25, 0.3) is 0 Å². The Hall–Kier alpha value is -1.88. The van der Waals surface area contributed by atoms with Crippen LogP contribution in [0.3, 0.4) is 0 Å². The molecule has 0 spiro atoms. The maximum Gasteiger partial charge on any atom is 0.321 e. The second-order valence-corrected chi connectivity index (χ2v) is 5.41. The summed E-state index contributed by atoms with van der Waals surface area (Å²) in [6.07, 6.45) is 0. The minimum atomic E-state index is -0.649. The molecule has 0 aliphatic rings. The van der Waals surface area contributed by atoms with Gasteiger partial charge in [0.2, 0.25) is 0 Å². The number of esters is 1. The molecule has 6 heteroatoms. The number of rotatable bonds is 5.